The van der Waals surface area contributed by atoms with Crippen molar-refractivity contribution in [1.82, 2.24) is 4.31 Å². The predicted molar refractivity (Wildman–Crippen MR) is 144 cm³/mol. The van der Waals surface area contributed by atoms with Gasteiger partial charge in [0.05, 0.1) is 21.8 Å². The highest BCUT2D eigenvalue weighted by molar-refractivity contribution is 7.89. The summed E-state index contributed by atoms with van der Waals surface area (Å²) in [4.78, 5) is 15.8. The lowest BCUT2D eigenvalue weighted by molar-refractivity contribution is -0.137. The monoisotopic (exact) mass is 557 g/mol. The van der Waals surface area contributed by atoms with E-state index in [2.05, 4.69) is 5.32 Å². The van der Waals surface area contributed by atoms with Crippen LogP contribution in [0.3, 0.4) is 0 Å². The topological polar surface area (TPSA) is 69.7 Å². The summed E-state index contributed by atoms with van der Waals surface area (Å²) in [5.41, 5.74) is 2.15. The largest absolute Gasteiger partial charge is 0.416 e. The molecule has 2 heterocycles. The van der Waals surface area contributed by atoms with Gasteiger partial charge >= 0.3 is 6.18 Å². The van der Waals surface area contributed by atoms with Gasteiger partial charge in [-0.3, -0.25) is 4.79 Å². The second-order valence-corrected chi connectivity index (χ2v) is 12.0. The molecule has 1 atom stereocenters. The zero-order valence-corrected chi connectivity index (χ0v) is 22.4. The van der Waals surface area contributed by atoms with E-state index in [0.29, 0.717) is 18.8 Å². The van der Waals surface area contributed by atoms with Crippen molar-refractivity contribution in [2.75, 3.05) is 23.3 Å². The first-order valence-electron chi connectivity index (χ1n) is 13.0. The fourth-order valence-electron chi connectivity index (χ4n) is 5.26. The zero-order chi connectivity index (χ0) is 27.8. The van der Waals surface area contributed by atoms with Crippen molar-refractivity contribution in [1.29, 1.82) is 0 Å². The number of fused-ring (bicyclic) bond motifs is 1. The van der Waals surface area contributed by atoms with Gasteiger partial charge in [0.15, 0.2) is 0 Å². The number of amides is 1. The SMILES string of the molecule is Cc1ccc(S(=O)(=O)N2Cc3ccccc3CC2C(=O)Nc2cc(C(F)(F)F)ccc2N2CCCCC2)cc1. The molecule has 6 nitrogen and oxygen atoms in total. The van der Waals surface area contributed by atoms with Crippen LogP contribution in [0.4, 0.5) is 24.5 Å². The number of aryl methyl sites for hydroxylation is 1. The van der Waals surface area contributed by atoms with Crippen molar-refractivity contribution in [3.8, 4) is 0 Å². The van der Waals surface area contributed by atoms with E-state index in [4.69, 9.17) is 0 Å². The van der Waals surface area contributed by atoms with Crippen LogP contribution < -0.4 is 10.2 Å². The molecule has 0 aromatic heterocycles. The van der Waals surface area contributed by atoms with Crippen LogP contribution in [-0.2, 0) is 34.0 Å². The first kappa shape index (κ1) is 27.2. The Hall–Kier alpha value is -3.37. The Bertz CT molecular complexity index is 1470. The quantitative estimate of drug-likeness (QED) is 0.433. The van der Waals surface area contributed by atoms with Crippen LogP contribution >= 0.6 is 0 Å². The van der Waals surface area contributed by atoms with E-state index in [1.807, 2.05) is 36.1 Å². The van der Waals surface area contributed by atoms with Crippen molar-refractivity contribution in [2.24, 2.45) is 0 Å². The molecule has 3 aromatic rings. The second-order valence-electron chi connectivity index (χ2n) is 10.1. The molecule has 1 amide bonds. The van der Waals surface area contributed by atoms with Gasteiger partial charge in [-0.1, -0.05) is 42.0 Å². The van der Waals surface area contributed by atoms with Crippen molar-refractivity contribution < 1.29 is 26.4 Å². The molecule has 1 unspecified atom stereocenters. The highest BCUT2D eigenvalue weighted by Crippen LogP contribution is 2.37. The van der Waals surface area contributed by atoms with Crippen LogP contribution in [0, 0.1) is 6.92 Å². The third kappa shape index (κ3) is 5.67. The van der Waals surface area contributed by atoms with Gasteiger partial charge < -0.3 is 10.2 Å². The number of piperidine rings is 1. The maximum atomic E-state index is 13.8. The number of benzene rings is 3. The van der Waals surface area contributed by atoms with Crippen LogP contribution in [0.25, 0.3) is 0 Å². The maximum Gasteiger partial charge on any atom is 0.416 e. The molecule has 10 heteroatoms. The summed E-state index contributed by atoms with van der Waals surface area (Å²) in [7, 11) is -4.09. The molecule has 1 saturated heterocycles. The fourth-order valence-corrected chi connectivity index (χ4v) is 6.82. The Balaban J connectivity index is 1.53. The Kier molecular flexibility index (Phi) is 7.43. The average Bonchev–Trinajstić information content (AvgIpc) is 2.92. The summed E-state index contributed by atoms with van der Waals surface area (Å²) in [6.45, 7) is 3.16. The first-order chi connectivity index (χ1) is 18.5. The van der Waals surface area contributed by atoms with Gasteiger partial charge in [0.2, 0.25) is 15.9 Å². The van der Waals surface area contributed by atoms with Gasteiger partial charge in [0.1, 0.15) is 6.04 Å². The summed E-state index contributed by atoms with van der Waals surface area (Å²) in [6.07, 6.45) is -1.66. The summed E-state index contributed by atoms with van der Waals surface area (Å²) < 4.78 is 69.5. The molecular weight excluding hydrogens is 527 g/mol. The van der Waals surface area contributed by atoms with Gasteiger partial charge in [-0.2, -0.15) is 17.5 Å². The van der Waals surface area contributed by atoms with E-state index in [9.17, 15) is 26.4 Å². The minimum atomic E-state index is -4.59. The predicted octanol–water partition coefficient (Wildman–Crippen LogP) is 5.76. The van der Waals surface area contributed by atoms with E-state index >= 15 is 0 Å². The number of nitrogens with zero attached hydrogens (tertiary/aromatic N) is 2. The summed E-state index contributed by atoms with van der Waals surface area (Å²) >= 11 is 0. The first-order valence-corrected chi connectivity index (χ1v) is 14.4. The summed E-state index contributed by atoms with van der Waals surface area (Å²) in [6, 6.07) is 15.9. The highest BCUT2D eigenvalue weighted by Gasteiger charge is 2.40. The minimum Gasteiger partial charge on any atom is -0.370 e. The van der Waals surface area contributed by atoms with Crippen molar-refractivity contribution in [3.63, 3.8) is 0 Å². The fraction of sp³-hybridized carbons (Fsp3) is 0.345. The molecule has 5 rings (SSSR count). The highest BCUT2D eigenvalue weighted by atomic mass is 32.2. The number of carbonyl (C=O) groups excluding carboxylic acids is 1. The van der Waals surface area contributed by atoms with Gasteiger partial charge in [-0.25, -0.2) is 8.42 Å². The molecule has 0 radical (unpaired) electrons. The van der Waals surface area contributed by atoms with E-state index in [1.165, 1.54) is 18.2 Å². The number of sulfonamides is 1. The lowest BCUT2D eigenvalue weighted by atomic mass is 9.95. The molecule has 2 aliphatic rings. The third-order valence-corrected chi connectivity index (χ3v) is 9.28. The van der Waals surface area contributed by atoms with Crippen LogP contribution in [-0.4, -0.2) is 37.8 Å². The molecule has 3 aromatic carbocycles. The molecule has 0 bridgehead atoms. The molecule has 0 saturated carbocycles. The third-order valence-electron chi connectivity index (χ3n) is 7.41. The maximum absolute atomic E-state index is 13.8. The van der Waals surface area contributed by atoms with Crippen LogP contribution in [0.15, 0.2) is 71.6 Å². The van der Waals surface area contributed by atoms with Crippen molar-refractivity contribution in [2.45, 2.75) is 56.3 Å². The molecule has 1 N–H and O–H groups in total. The van der Waals surface area contributed by atoms with Crippen molar-refractivity contribution in [3.05, 3.63) is 89.0 Å². The molecule has 39 heavy (non-hydrogen) atoms. The second kappa shape index (κ2) is 10.7. The summed E-state index contributed by atoms with van der Waals surface area (Å²) in [5.74, 6) is -0.669. The Labute approximate surface area is 226 Å². The van der Waals surface area contributed by atoms with Crippen LogP contribution in [0.5, 0.6) is 0 Å². The molecule has 0 aliphatic carbocycles. The van der Waals surface area contributed by atoms with Crippen molar-refractivity contribution >= 4 is 27.3 Å². The van der Waals surface area contributed by atoms with E-state index in [1.54, 1.807) is 12.1 Å². The zero-order valence-electron chi connectivity index (χ0n) is 21.5. The lowest BCUT2D eigenvalue weighted by Crippen LogP contribution is -2.50. The van der Waals surface area contributed by atoms with Gasteiger partial charge in [-0.05, 0) is 74.1 Å². The number of anilines is 2. The minimum absolute atomic E-state index is 0.0218. The standard InChI is InChI=1S/C29H30F3N3O3S/c1-20-9-12-24(13-10-20)39(37,38)35-19-22-8-4-3-7-21(22)17-27(35)28(36)33-25-18-23(29(30,31)32)11-14-26(25)34-15-5-2-6-16-34/h3-4,7-14,18,27H,2,5-6,15-17,19H2,1H3,(H,33,36). The summed E-state index contributed by atoms with van der Waals surface area (Å²) in [5, 5.41) is 2.70. The van der Waals surface area contributed by atoms with Gasteiger partial charge in [0.25, 0.3) is 0 Å². The Morgan fingerprint density at radius 2 is 1.59 bits per heavy atom. The molecule has 1 fully saturated rings. The van der Waals surface area contributed by atoms with Crippen LogP contribution in [0.1, 0.15) is 41.5 Å². The number of halogens is 3. The number of hydrogen-bond acceptors (Lipinski definition) is 4. The molecular formula is C29H30F3N3O3S. The molecule has 2 aliphatic heterocycles. The number of hydrogen-bond donors (Lipinski definition) is 1. The van der Waals surface area contributed by atoms with E-state index < -0.39 is 33.7 Å². The van der Waals surface area contributed by atoms with E-state index in [0.717, 1.165) is 52.4 Å². The number of carbonyl (C=O) groups is 1. The van der Waals surface area contributed by atoms with Crippen LogP contribution in [0.2, 0.25) is 0 Å². The lowest BCUT2D eigenvalue weighted by Gasteiger charge is -2.36. The van der Waals surface area contributed by atoms with Gasteiger partial charge in [0, 0.05) is 19.6 Å². The average molecular weight is 558 g/mol. The Morgan fingerprint density at radius 3 is 2.26 bits per heavy atom. The number of nitrogens with one attached hydrogen (secondary N) is 1. The number of alkyl halides is 3. The Morgan fingerprint density at radius 1 is 0.923 bits per heavy atom. The smallest absolute Gasteiger partial charge is 0.370 e. The normalized spacial score (nSPS) is 18.5. The number of rotatable bonds is 5. The molecule has 206 valence electrons. The molecule has 0 spiro atoms. The van der Waals surface area contributed by atoms with E-state index in [-0.39, 0.29) is 23.5 Å². The van der Waals surface area contributed by atoms with Gasteiger partial charge in [-0.15, -0.1) is 0 Å².